The van der Waals surface area contributed by atoms with Crippen LogP contribution in [0.15, 0.2) is 42.5 Å². The first-order valence-electron chi connectivity index (χ1n) is 8.75. The molecular formula is C20H23N3O3. The summed E-state index contributed by atoms with van der Waals surface area (Å²) in [6.07, 6.45) is 4.58. The quantitative estimate of drug-likeness (QED) is 0.810. The van der Waals surface area contributed by atoms with E-state index in [0.717, 1.165) is 22.6 Å². The standard InChI is InChI=1S/C20H23N3O3/c1-13-18(14(2)23(22-13)15-8-4-3-5-9-15)12-21-19(24)16-10-6-7-11-17(16)20(25)26/h3-9,16-17H,10-12H2,1-2H3,(H,21,24)(H,25,26)/t16-,17+/m0/s1. The number of aliphatic carboxylic acids is 1. The number of hydrogen-bond donors (Lipinski definition) is 2. The molecule has 3 rings (SSSR count). The van der Waals surface area contributed by atoms with Crippen LogP contribution >= 0.6 is 0 Å². The second kappa shape index (κ2) is 7.56. The molecule has 6 nitrogen and oxygen atoms in total. The Morgan fingerprint density at radius 3 is 2.46 bits per heavy atom. The minimum absolute atomic E-state index is 0.215. The molecule has 2 aromatic rings. The molecule has 1 heterocycles. The van der Waals surface area contributed by atoms with Gasteiger partial charge in [-0.15, -0.1) is 0 Å². The number of rotatable bonds is 5. The average molecular weight is 353 g/mol. The van der Waals surface area contributed by atoms with E-state index in [1.165, 1.54) is 0 Å². The van der Waals surface area contributed by atoms with Crippen LogP contribution in [0.25, 0.3) is 5.69 Å². The molecule has 0 radical (unpaired) electrons. The fraction of sp³-hybridized carbons (Fsp3) is 0.350. The van der Waals surface area contributed by atoms with E-state index in [2.05, 4.69) is 10.4 Å². The predicted molar refractivity (Wildman–Crippen MR) is 97.9 cm³/mol. The number of aromatic nitrogens is 2. The molecule has 0 saturated heterocycles. The lowest BCUT2D eigenvalue weighted by molar-refractivity contribution is -0.147. The summed E-state index contributed by atoms with van der Waals surface area (Å²) in [6.45, 7) is 4.23. The largest absolute Gasteiger partial charge is 0.481 e. The van der Waals surface area contributed by atoms with Gasteiger partial charge in [-0.25, -0.2) is 4.68 Å². The summed E-state index contributed by atoms with van der Waals surface area (Å²) in [6, 6.07) is 9.82. The lowest BCUT2D eigenvalue weighted by Gasteiger charge is -2.24. The summed E-state index contributed by atoms with van der Waals surface area (Å²) < 4.78 is 1.86. The number of nitrogens with zero attached hydrogens (tertiary/aromatic N) is 2. The smallest absolute Gasteiger partial charge is 0.307 e. The van der Waals surface area contributed by atoms with Crippen LogP contribution in [0, 0.1) is 25.7 Å². The van der Waals surface area contributed by atoms with Crippen LogP contribution in [0.1, 0.15) is 29.8 Å². The van der Waals surface area contributed by atoms with E-state index in [4.69, 9.17) is 0 Å². The summed E-state index contributed by atoms with van der Waals surface area (Å²) in [7, 11) is 0. The highest BCUT2D eigenvalue weighted by Crippen LogP contribution is 2.26. The zero-order valence-corrected chi connectivity index (χ0v) is 15.0. The molecule has 136 valence electrons. The molecule has 1 aliphatic rings. The normalized spacial score (nSPS) is 19.3. The third-order valence-electron chi connectivity index (χ3n) is 4.97. The van der Waals surface area contributed by atoms with Gasteiger partial charge in [0.05, 0.1) is 23.2 Å². The lowest BCUT2D eigenvalue weighted by atomic mass is 9.82. The van der Waals surface area contributed by atoms with Crippen LogP contribution in [0.4, 0.5) is 0 Å². The first-order valence-corrected chi connectivity index (χ1v) is 8.75. The molecule has 26 heavy (non-hydrogen) atoms. The third-order valence-corrected chi connectivity index (χ3v) is 4.97. The van der Waals surface area contributed by atoms with Crippen LogP contribution < -0.4 is 5.32 Å². The van der Waals surface area contributed by atoms with E-state index >= 15 is 0 Å². The molecule has 2 N–H and O–H groups in total. The molecule has 0 bridgehead atoms. The summed E-state index contributed by atoms with van der Waals surface area (Å²) >= 11 is 0. The van der Waals surface area contributed by atoms with E-state index in [0.29, 0.717) is 19.4 Å². The maximum Gasteiger partial charge on any atom is 0.307 e. The molecule has 2 atom stereocenters. The highest BCUT2D eigenvalue weighted by atomic mass is 16.4. The van der Waals surface area contributed by atoms with Crippen molar-refractivity contribution in [3.8, 4) is 5.69 Å². The van der Waals surface area contributed by atoms with Crippen molar-refractivity contribution in [2.75, 3.05) is 0 Å². The maximum absolute atomic E-state index is 12.6. The van der Waals surface area contributed by atoms with Crippen molar-refractivity contribution in [2.24, 2.45) is 11.8 Å². The van der Waals surface area contributed by atoms with Crippen molar-refractivity contribution in [3.05, 3.63) is 59.4 Å². The Hall–Kier alpha value is -2.89. The van der Waals surface area contributed by atoms with E-state index in [9.17, 15) is 14.7 Å². The van der Waals surface area contributed by atoms with Gasteiger partial charge in [0, 0.05) is 17.8 Å². The molecule has 0 saturated carbocycles. The van der Waals surface area contributed by atoms with Crippen molar-refractivity contribution in [1.29, 1.82) is 0 Å². The van der Waals surface area contributed by atoms with Crippen LogP contribution in [0.5, 0.6) is 0 Å². The van der Waals surface area contributed by atoms with Gasteiger partial charge in [-0.3, -0.25) is 9.59 Å². The molecule has 1 aromatic heterocycles. The predicted octanol–water partition coefficient (Wildman–Crippen LogP) is 2.77. The van der Waals surface area contributed by atoms with Gasteiger partial charge in [-0.05, 0) is 38.8 Å². The average Bonchev–Trinajstić information content (AvgIpc) is 2.94. The van der Waals surface area contributed by atoms with Crippen LogP contribution in [-0.2, 0) is 16.1 Å². The summed E-state index contributed by atoms with van der Waals surface area (Å²) in [5.41, 5.74) is 3.74. The molecule has 1 amide bonds. The minimum atomic E-state index is -0.918. The zero-order chi connectivity index (χ0) is 18.7. The Balaban J connectivity index is 1.74. The van der Waals surface area contributed by atoms with Crippen LogP contribution in [-0.4, -0.2) is 26.8 Å². The highest BCUT2D eigenvalue weighted by molar-refractivity contribution is 5.85. The second-order valence-corrected chi connectivity index (χ2v) is 6.61. The number of aryl methyl sites for hydroxylation is 1. The molecule has 1 aliphatic carbocycles. The Kier molecular flexibility index (Phi) is 5.21. The molecular weight excluding hydrogens is 330 g/mol. The van der Waals surface area contributed by atoms with Gasteiger partial charge in [0.1, 0.15) is 0 Å². The SMILES string of the molecule is Cc1nn(-c2ccccc2)c(C)c1CNC(=O)[C@H]1CC=CC[C@H]1C(=O)O. The molecule has 0 aliphatic heterocycles. The van der Waals surface area contributed by atoms with Crippen molar-refractivity contribution in [3.63, 3.8) is 0 Å². The van der Waals surface area contributed by atoms with Crippen molar-refractivity contribution in [2.45, 2.75) is 33.2 Å². The van der Waals surface area contributed by atoms with Gasteiger partial charge in [0.15, 0.2) is 0 Å². The summed E-state index contributed by atoms with van der Waals surface area (Å²) in [5, 5.41) is 16.8. The Morgan fingerprint density at radius 1 is 1.15 bits per heavy atom. The maximum atomic E-state index is 12.6. The number of allylic oxidation sites excluding steroid dienone is 2. The van der Waals surface area contributed by atoms with Crippen LogP contribution in [0.2, 0.25) is 0 Å². The fourth-order valence-electron chi connectivity index (χ4n) is 3.43. The van der Waals surface area contributed by atoms with Gasteiger partial charge in [0.25, 0.3) is 0 Å². The number of carboxylic acids is 1. The Morgan fingerprint density at radius 2 is 1.81 bits per heavy atom. The molecule has 6 heteroatoms. The Bertz CT molecular complexity index is 839. The van der Waals surface area contributed by atoms with Gasteiger partial charge in [0.2, 0.25) is 5.91 Å². The highest BCUT2D eigenvalue weighted by Gasteiger charge is 2.33. The van der Waals surface area contributed by atoms with Crippen LogP contribution in [0.3, 0.4) is 0 Å². The van der Waals surface area contributed by atoms with Gasteiger partial charge < -0.3 is 10.4 Å². The molecule has 0 fully saturated rings. The van der Waals surface area contributed by atoms with Gasteiger partial charge in [-0.2, -0.15) is 5.10 Å². The van der Waals surface area contributed by atoms with E-state index in [1.54, 1.807) is 0 Å². The fourth-order valence-corrected chi connectivity index (χ4v) is 3.43. The van der Waals surface area contributed by atoms with Crippen molar-refractivity contribution in [1.82, 2.24) is 15.1 Å². The molecule has 0 spiro atoms. The topological polar surface area (TPSA) is 84.2 Å². The number of nitrogens with one attached hydrogen (secondary N) is 1. The molecule has 1 aromatic carbocycles. The zero-order valence-electron chi connectivity index (χ0n) is 15.0. The summed E-state index contributed by atoms with van der Waals surface area (Å²) in [5.74, 6) is -2.32. The number of carbonyl (C=O) groups excluding carboxylic acids is 1. The lowest BCUT2D eigenvalue weighted by Crippen LogP contribution is -2.38. The summed E-state index contributed by atoms with van der Waals surface area (Å²) in [4.78, 5) is 23.9. The van der Waals surface area contributed by atoms with Gasteiger partial charge in [-0.1, -0.05) is 30.4 Å². The van der Waals surface area contributed by atoms with Gasteiger partial charge >= 0.3 is 5.97 Å². The number of carboxylic acid groups (broad SMARTS) is 1. The number of para-hydroxylation sites is 1. The number of amides is 1. The van der Waals surface area contributed by atoms with E-state index < -0.39 is 17.8 Å². The Labute approximate surface area is 152 Å². The first-order chi connectivity index (χ1) is 12.5. The van der Waals surface area contributed by atoms with Crippen molar-refractivity contribution >= 4 is 11.9 Å². The monoisotopic (exact) mass is 353 g/mol. The first kappa shape index (κ1) is 17.9. The van der Waals surface area contributed by atoms with E-state index in [1.807, 2.05) is 61.0 Å². The second-order valence-electron chi connectivity index (χ2n) is 6.61. The number of benzene rings is 1. The number of carbonyl (C=O) groups is 2. The number of hydrogen-bond acceptors (Lipinski definition) is 3. The van der Waals surface area contributed by atoms with Crippen molar-refractivity contribution < 1.29 is 14.7 Å². The third kappa shape index (κ3) is 3.54. The minimum Gasteiger partial charge on any atom is -0.481 e. The molecule has 0 unspecified atom stereocenters. The van der Waals surface area contributed by atoms with E-state index in [-0.39, 0.29) is 5.91 Å².